The van der Waals surface area contributed by atoms with Crippen molar-refractivity contribution in [2.45, 2.75) is 154 Å². The van der Waals surface area contributed by atoms with Gasteiger partial charge in [-0.2, -0.15) is 0 Å². The first-order chi connectivity index (χ1) is 21.9. The van der Waals surface area contributed by atoms with Crippen molar-refractivity contribution in [1.82, 2.24) is 4.84 Å². The third-order valence-corrected chi connectivity index (χ3v) is 16.0. The molecule has 1 aromatic carbocycles. The summed E-state index contributed by atoms with van der Waals surface area (Å²) in [6.45, 7) is 15.0. The van der Waals surface area contributed by atoms with Crippen LogP contribution in [0.15, 0.2) is 30.3 Å². The molecule has 5 saturated carbocycles. The quantitative estimate of drug-likeness (QED) is 0.198. The Morgan fingerprint density at radius 2 is 1.68 bits per heavy atom. The van der Waals surface area contributed by atoms with Gasteiger partial charge in [0.2, 0.25) is 0 Å². The molecule has 1 aromatic rings. The lowest BCUT2D eigenvalue weighted by Crippen LogP contribution is -2.62. The molecule has 0 amide bonds. The van der Waals surface area contributed by atoms with E-state index in [1.54, 1.807) is 0 Å². The number of nitrogens with one attached hydrogen (secondary N) is 1. The first-order valence-electron chi connectivity index (χ1n) is 18.3. The normalized spacial score (nSPS) is 48.9. The number of carbonyl (C=O) groups excluding carboxylic acids is 1. The standard InChI is InChI=1S/C39H58ClNO6/c1-33(2)28(46-32(44)24(41-40)19-23-11-9-8-10-12-23)14-16-39-22-38(39)18-17-35(5)31(37(7)15-13-29(47-37)34(3,4)45)26(43)21-36(35,6)27(38)20-25(42)30(33)39/h8-12,24-31,41-43,45H,13-22H2,1-7H3/t24-,25+,26+,27?,28+,29+,30+,31+,35-,36+,37-,38+,39-/m1/s1. The summed E-state index contributed by atoms with van der Waals surface area (Å²) >= 11 is 6.08. The summed E-state index contributed by atoms with van der Waals surface area (Å²) in [4.78, 5) is 16.1. The number of ether oxygens (including phenoxy) is 2. The number of hydrogen-bond acceptors (Lipinski definition) is 7. The van der Waals surface area contributed by atoms with E-state index in [9.17, 15) is 20.1 Å². The minimum absolute atomic E-state index is 0.0169. The van der Waals surface area contributed by atoms with Crippen LogP contribution >= 0.6 is 11.8 Å². The van der Waals surface area contributed by atoms with E-state index in [0.29, 0.717) is 18.8 Å². The maximum atomic E-state index is 13.5. The van der Waals surface area contributed by atoms with E-state index in [1.807, 2.05) is 44.2 Å². The van der Waals surface area contributed by atoms with E-state index >= 15 is 0 Å². The molecule has 5 aliphatic carbocycles. The largest absolute Gasteiger partial charge is 0.461 e. The van der Waals surface area contributed by atoms with Crippen LogP contribution in [0.5, 0.6) is 0 Å². The van der Waals surface area contributed by atoms with Crippen LogP contribution in [0, 0.1) is 44.8 Å². The Kier molecular flexibility index (Phi) is 7.93. The van der Waals surface area contributed by atoms with E-state index < -0.39 is 34.9 Å². The summed E-state index contributed by atoms with van der Waals surface area (Å²) in [5.74, 6) is -0.0267. The zero-order valence-corrected chi connectivity index (χ0v) is 30.3. The predicted octanol–water partition coefficient (Wildman–Crippen LogP) is 6.34. The van der Waals surface area contributed by atoms with Gasteiger partial charge in [-0.1, -0.05) is 58.0 Å². The maximum absolute atomic E-state index is 13.5. The fraction of sp³-hybridized carbons (Fsp3) is 0.821. The molecule has 8 heteroatoms. The SMILES string of the molecule is CC(C)(O)[C@@H]1CC[C@](C)([C@H]2[C@@H](O)C[C@@]3(C)C4C[C@H](O)[C@H]5C(C)(C)[C@@H](OC(=O)[C@@H](Cc6ccccc6)NCl)CC[C@@]56C[C@@]46CC[C@]23C)O1. The number of aliphatic hydroxyl groups is 3. The molecule has 0 radical (unpaired) electrons. The van der Waals surface area contributed by atoms with Gasteiger partial charge in [-0.3, -0.25) is 4.79 Å². The molecule has 0 aromatic heterocycles. The summed E-state index contributed by atoms with van der Waals surface area (Å²) in [6.07, 6.45) is 6.92. The monoisotopic (exact) mass is 671 g/mol. The van der Waals surface area contributed by atoms with Crippen LogP contribution in [0.25, 0.3) is 0 Å². The Morgan fingerprint density at radius 1 is 0.979 bits per heavy atom. The molecule has 1 saturated heterocycles. The smallest absolute Gasteiger partial charge is 0.325 e. The molecule has 7 rings (SSSR count). The van der Waals surface area contributed by atoms with Crippen molar-refractivity contribution in [3.63, 3.8) is 0 Å². The Morgan fingerprint density at radius 3 is 2.32 bits per heavy atom. The van der Waals surface area contributed by atoms with Gasteiger partial charge < -0.3 is 24.8 Å². The number of carbonyl (C=O) groups is 1. The second-order valence-corrected chi connectivity index (χ2v) is 18.9. The minimum atomic E-state index is -0.922. The number of esters is 1. The van der Waals surface area contributed by atoms with Crippen LogP contribution in [0.2, 0.25) is 0 Å². The molecule has 47 heavy (non-hydrogen) atoms. The topological polar surface area (TPSA) is 108 Å². The Balaban J connectivity index is 1.12. The van der Waals surface area contributed by atoms with Crippen LogP contribution in [-0.2, 0) is 20.7 Å². The summed E-state index contributed by atoms with van der Waals surface area (Å²) in [7, 11) is 0. The number of rotatable bonds is 7. The molecule has 1 aliphatic heterocycles. The van der Waals surface area contributed by atoms with E-state index in [0.717, 1.165) is 56.9 Å². The van der Waals surface area contributed by atoms with Gasteiger partial charge in [0.05, 0.1) is 29.5 Å². The highest BCUT2D eigenvalue weighted by molar-refractivity contribution is 6.14. The van der Waals surface area contributed by atoms with Gasteiger partial charge in [0.1, 0.15) is 12.1 Å². The number of halogens is 1. The van der Waals surface area contributed by atoms with Gasteiger partial charge >= 0.3 is 5.97 Å². The van der Waals surface area contributed by atoms with E-state index in [4.69, 9.17) is 21.3 Å². The lowest BCUT2D eigenvalue weighted by molar-refractivity contribution is -0.218. The van der Waals surface area contributed by atoms with Gasteiger partial charge in [0, 0.05) is 11.3 Å². The van der Waals surface area contributed by atoms with Crippen molar-refractivity contribution in [3.05, 3.63) is 35.9 Å². The molecule has 6 aliphatic rings. The number of aliphatic hydroxyl groups excluding tert-OH is 2. The Bertz CT molecular complexity index is 1380. The minimum Gasteiger partial charge on any atom is -0.461 e. The van der Waals surface area contributed by atoms with Crippen molar-refractivity contribution in [2.24, 2.45) is 44.8 Å². The van der Waals surface area contributed by atoms with Crippen LogP contribution < -0.4 is 4.84 Å². The first kappa shape index (κ1) is 34.2. The zero-order chi connectivity index (χ0) is 34.0. The Hall–Kier alpha value is -1.22. The molecule has 1 unspecified atom stereocenters. The molecule has 0 bridgehead atoms. The summed E-state index contributed by atoms with van der Waals surface area (Å²) < 4.78 is 13.0. The van der Waals surface area contributed by atoms with Crippen molar-refractivity contribution < 1.29 is 29.6 Å². The molecule has 1 heterocycles. The third kappa shape index (κ3) is 4.72. The van der Waals surface area contributed by atoms with Crippen LogP contribution in [0.1, 0.15) is 112 Å². The van der Waals surface area contributed by atoms with Gasteiger partial charge in [0.25, 0.3) is 0 Å². The predicted molar refractivity (Wildman–Crippen MR) is 181 cm³/mol. The first-order valence-corrected chi connectivity index (χ1v) is 18.6. The van der Waals surface area contributed by atoms with Gasteiger partial charge in [-0.15, -0.1) is 0 Å². The summed E-state index contributed by atoms with van der Waals surface area (Å²) in [6, 6.07) is 9.18. The molecule has 6 fully saturated rings. The molecular formula is C39H58ClNO6. The van der Waals surface area contributed by atoms with Crippen LogP contribution in [0.3, 0.4) is 0 Å². The highest BCUT2D eigenvalue weighted by Gasteiger charge is 2.85. The number of benzene rings is 1. The maximum Gasteiger partial charge on any atom is 0.325 e. The molecule has 2 spiro atoms. The highest BCUT2D eigenvalue weighted by atomic mass is 35.5. The van der Waals surface area contributed by atoms with Crippen molar-refractivity contribution in [2.75, 3.05) is 0 Å². The summed E-state index contributed by atoms with van der Waals surface area (Å²) in [5.41, 5.74) is -0.953. The second-order valence-electron chi connectivity index (χ2n) is 18.7. The average molecular weight is 672 g/mol. The van der Waals surface area contributed by atoms with E-state index in [2.05, 4.69) is 39.5 Å². The van der Waals surface area contributed by atoms with Crippen LogP contribution in [-0.4, -0.2) is 62.9 Å². The van der Waals surface area contributed by atoms with Gasteiger partial charge in [-0.25, -0.2) is 4.84 Å². The van der Waals surface area contributed by atoms with E-state index in [-0.39, 0.29) is 51.7 Å². The zero-order valence-electron chi connectivity index (χ0n) is 29.5. The molecular weight excluding hydrogens is 614 g/mol. The van der Waals surface area contributed by atoms with E-state index in [1.165, 1.54) is 0 Å². The molecule has 7 nitrogen and oxygen atoms in total. The van der Waals surface area contributed by atoms with Gasteiger partial charge in [0.15, 0.2) is 0 Å². The van der Waals surface area contributed by atoms with Crippen LogP contribution in [0.4, 0.5) is 0 Å². The molecule has 13 atom stereocenters. The molecule has 262 valence electrons. The van der Waals surface area contributed by atoms with Gasteiger partial charge in [-0.05, 0) is 136 Å². The van der Waals surface area contributed by atoms with Crippen molar-refractivity contribution in [1.29, 1.82) is 0 Å². The second kappa shape index (κ2) is 10.9. The lowest BCUT2D eigenvalue weighted by atomic mass is 9.41. The fourth-order valence-corrected chi connectivity index (χ4v) is 13.7. The highest BCUT2D eigenvalue weighted by Crippen LogP contribution is 2.89. The Labute approximate surface area is 286 Å². The molecule has 4 N–H and O–H groups in total. The number of fused-ring (bicyclic) bond motifs is 2. The summed E-state index contributed by atoms with van der Waals surface area (Å²) in [5, 5.41) is 35.0. The third-order valence-electron chi connectivity index (χ3n) is 15.7. The average Bonchev–Trinajstić information content (AvgIpc) is 3.34. The van der Waals surface area contributed by atoms with Crippen molar-refractivity contribution >= 4 is 17.7 Å². The lowest BCUT2D eigenvalue weighted by Gasteiger charge is -2.64. The number of hydrogen-bond donors (Lipinski definition) is 4. The van der Waals surface area contributed by atoms with Crippen molar-refractivity contribution in [3.8, 4) is 0 Å². The fourth-order valence-electron chi connectivity index (χ4n) is 13.6.